The number of carbonyl (C=O) groups excluding carboxylic acids is 1. The van der Waals surface area contributed by atoms with Gasteiger partial charge in [-0.3, -0.25) is 4.79 Å². The maximum absolute atomic E-state index is 11.5. The molecule has 0 aliphatic carbocycles. The number of amides is 1. The largest absolute Gasteiger partial charge is 0.504 e. The second-order valence-electron chi connectivity index (χ2n) is 4.52. The van der Waals surface area contributed by atoms with Gasteiger partial charge in [0.25, 0.3) is 0 Å². The topological polar surface area (TPSA) is 95.6 Å². The second kappa shape index (κ2) is 8.37. The molecule has 0 spiro atoms. The summed E-state index contributed by atoms with van der Waals surface area (Å²) in [5.74, 6) is -0.224. The molecule has 0 heterocycles. The first-order valence-electron chi connectivity index (χ1n) is 6.61. The van der Waals surface area contributed by atoms with Crippen LogP contribution in [0.3, 0.4) is 0 Å². The molecule has 0 bridgehead atoms. The standard InChI is InChI=1S/C14H22N2O3/c15-8-3-1-2-4-14(19)16-9-7-11-5-6-12(17)13(18)10-11/h5-6,10,17-18H,1-4,7-9,15H2,(H,16,19). The van der Waals surface area contributed by atoms with Crippen LogP contribution in [0.4, 0.5) is 0 Å². The average molecular weight is 266 g/mol. The number of nitrogens with one attached hydrogen (secondary N) is 1. The van der Waals surface area contributed by atoms with Crippen molar-refractivity contribution in [1.82, 2.24) is 5.32 Å². The summed E-state index contributed by atoms with van der Waals surface area (Å²) in [6.07, 6.45) is 3.96. The Bertz CT molecular complexity index is 408. The van der Waals surface area contributed by atoms with E-state index in [1.54, 1.807) is 6.07 Å². The van der Waals surface area contributed by atoms with E-state index in [1.165, 1.54) is 12.1 Å². The minimum atomic E-state index is -0.134. The normalized spacial score (nSPS) is 10.4. The van der Waals surface area contributed by atoms with Gasteiger partial charge in [0.1, 0.15) is 0 Å². The SMILES string of the molecule is NCCCCCC(=O)NCCc1ccc(O)c(O)c1. The van der Waals surface area contributed by atoms with E-state index < -0.39 is 0 Å². The van der Waals surface area contributed by atoms with Crippen LogP contribution >= 0.6 is 0 Å². The molecule has 5 heteroatoms. The second-order valence-corrected chi connectivity index (χ2v) is 4.52. The fraction of sp³-hybridized carbons (Fsp3) is 0.500. The van der Waals surface area contributed by atoms with E-state index in [4.69, 9.17) is 10.8 Å². The number of nitrogens with two attached hydrogens (primary N) is 1. The molecule has 106 valence electrons. The van der Waals surface area contributed by atoms with Gasteiger partial charge in [-0.25, -0.2) is 0 Å². The summed E-state index contributed by atoms with van der Waals surface area (Å²) in [6.45, 7) is 1.20. The van der Waals surface area contributed by atoms with Gasteiger partial charge in [-0.05, 0) is 43.5 Å². The van der Waals surface area contributed by atoms with Gasteiger partial charge in [-0.15, -0.1) is 0 Å². The van der Waals surface area contributed by atoms with E-state index >= 15 is 0 Å². The summed E-state index contributed by atoms with van der Waals surface area (Å²) in [5.41, 5.74) is 6.25. The summed E-state index contributed by atoms with van der Waals surface area (Å²) in [6, 6.07) is 4.67. The third kappa shape index (κ3) is 6.10. The molecule has 0 fully saturated rings. The first-order chi connectivity index (χ1) is 9.13. The van der Waals surface area contributed by atoms with E-state index in [0.29, 0.717) is 25.9 Å². The zero-order chi connectivity index (χ0) is 14.1. The van der Waals surface area contributed by atoms with Crippen LogP contribution < -0.4 is 11.1 Å². The zero-order valence-corrected chi connectivity index (χ0v) is 11.1. The Morgan fingerprint density at radius 2 is 1.95 bits per heavy atom. The predicted octanol–water partition coefficient (Wildman–Crippen LogP) is 1.28. The van der Waals surface area contributed by atoms with Crippen LogP contribution in [0, 0.1) is 0 Å². The van der Waals surface area contributed by atoms with E-state index in [9.17, 15) is 9.90 Å². The van der Waals surface area contributed by atoms with Gasteiger partial charge in [0.15, 0.2) is 11.5 Å². The molecule has 0 aromatic heterocycles. The summed E-state index contributed by atoms with van der Waals surface area (Å²) in [7, 11) is 0. The number of rotatable bonds is 8. The van der Waals surface area contributed by atoms with Crippen molar-refractivity contribution in [3.8, 4) is 11.5 Å². The fourth-order valence-electron chi connectivity index (χ4n) is 1.77. The highest BCUT2D eigenvalue weighted by atomic mass is 16.3. The minimum Gasteiger partial charge on any atom is -0.504 e. The molecule has 0 aliphatic heterocycles. The first kappa shape index (κ1) is 15.3. The predicted molar refractivity (Wildman–Crippen MR) is 74.0 cm³/mol. The van der Waals surface area contributed by atoms with Gasteiger partial charge in [0.2, 0.25) is 5.91 Å². The summed E-state index contributed by atoms with van der Waals surface area (Å²) in [4.78, 5) is 11.5. The molecule has 1 aromatic rings. The van der Waals surface area contributed by atoms with E-state index in [0.717, 1.165) is 24.8 Å². The summed E-state index contributed by atoms with van der Waals surface area (Å²) < 4.78 is 0. The zero-order valence-electron chi connectivity index (χ0n) is 11.1. The minimum absolute atomic E-state index is 0.0417. The van der Waals surface area contributed by atoms with Gasteiger partial charge in [-0.1, -0.05) is 12.5 Å². The van der Waals surface area contributed by atoms with Crippen molar-refractivity contribution in [2.75, 3.05) is 13.1 Å². The molecule has 1 rings (SSSR count). The number of carbonyl (C=O) groups is 1. The molecule has 0 radical (unpaired) electrons. The van der Waals surface area contributed by atoms with Gasteiger partial charge in [0.05, 0.1) is 0 Å². The van der Waals surface area contributed by atoms with Gasteiger partial charge >= 0.3 is 0 Å². The molecular weight excluding hydrogens is 244 g/mol. The molecule has 0 aliphatic rings. The third-order valence-corrected chi connectivity index (χ3v) is 2.88. The lowest BCUT2D eigenvalue weighted by Gasteiger charge is -2.06. The quantitative estimate of drug-likeness (QED) is 0.421. The molecule has 1 aromatic carbocycles. The van der Waals surface area contributed by atoms with Crippen molar-refractivity contribution in [2.45, 2.75) is 32.1 Å². The van der Waals surface area contributed by atoms with Crippen LogP contribution in [-0.4, -0.2) is 29.2 Å². The Hall–Kier alpha value is -1.75. The van der Waals surface area contributed by atoms with Crippen LogP contribution in [0.25, 0.3) is 0 Å². The summed E-state index contributed by atoms with van der Waals surface area (Å²) >= 11 is 0. The van der Waals surface area contributed by atoms with Gasteiger partial charge in [-0.2, -0.15) is 0 Å². The van der Waals surface area contributed by atoms with Crippen LogP contribution in [-0.2, 0) is 11.2 Å². The highest BCUT2D eigenvalue weighted by molar-refractivity contribution is 5.75. The van der Waals surface area contributed by atoms with Crippen molar-refractivity contribution in [1.29, 1.82) is 0 Å². The lowest BCUT2D eigenvalue weighted by atomic mass is 10.1. The third-order valence-electron chi connectivity index (χ3n) is 2.88. The molecule has 0 atom stereocenters. The maximum atomic E-state index is 11.5. The van der Waals surface area contributed by atoms with Crippen molar-refractivity contribution >= 4 is 5.91 Å². The van der Waals surface area contributed by atoms with E-state index in [-0.39, 0.29) is 17.4 Å². The number of phenolic OH excluding ortho intramolecular Hbond substituents is 2. The maximum Gasteiger partial charge on any atom is 0.220 e. The van der Waals surface area contributed by atoms with Crippen molar-refractivity contribution < 1.29 is 15.0 Å². The highest BCUT2D eigenvalue weighted by Gasteiger charge is 2.03. The molecule has 19 heavy (non-hydrogen) atoms. The van der Waals surface area contributed by atoms with Gasteiger partial charge < -0.3 is 21.3 Å². The molecule has 5 nitrogen and oxygen atoms in total. The average Bonchev–Trinajstić information content (AvgIpc) is 2.39. The molecule has 0 saturated carbocycles. The van der Waals surface area contributed by atoms with Crippen molar-refractivity contribution in [2.24, 2.45) is 5.73 Å². The smallest absolute Gasteiger partial charge is 0.220 e. The Morgan fingerprint density at radius 1 is 1.16 bits per heavy atom. The highest BCUT2D eigenvalue weighted by Crippen LogP contribution is 2.24. The van der Waals surface area contributed by atoms with E-state index in [1.807, 2.05) is 0 Å². The Kier molecular flexibility index (Phi) is 6.74. The molecule has 0 saturated heterocycles. The number of aromatic hydroxyl groups is 2. The number of hydrogen-bond acceptors (Lipinski definition) is 4. The molecule has 0 unspecified atom stereocenters. The molecule has 5 N–H and O–H groups in total. The van der Waals surface area contributed by atoms with Crippen LogP contribution in [0.2, 0.25) is 0 Å². The van der Waals surface area contributed by atoms with Crippen LogP contribution in [0.15, 0.2) is 18.2 Å². The molecular formula is C14H22N2O3. The number of hydrogen-bond donors (Lipinski definition) is 4. The number of unbranched alkanes of at least 4 members (excludes halogenated alkanes) is 2. The van der Waals surface area contributed by atoms with Crippen molar-refractivity contribution in [3.63, 3.8) is 0 Å². The first-order valence-corrected chi connectivity index (χ1v) is 6.61. The Morgan fingerprint density at radius 3 is 2.63 bits per heavy atom. The monoisotopic (exact) mass is 266 g/mol. The Labute approximate surface area is 113 Å². The summed E-state index contributed by atoms with van der Waals surface area (Å²) in [5, 5.41) is 21.3. The number of phenols is 2. The molecule has 1 amide bonds. The lowest BCUT2D eigenvalue weighted by molar-refractivity contribution is -0.121. The fourth-order valence-corrected chi connectivity index (χ4v) is 1.77. The van der Waals surface area contributed by atoms with Crippen LogP contribution in [0.1, 0.15) is 31.2 Å². The number of benzene rings is 1. The van der Waals surface area contributed by atoms with E-state index in [2.05, 4.69) is 5.32 Å². The lowest BCUT2D eigenvalue weighted by Crippen LogP contribution is -2.25. The van der Waals surface area contributed by atoms with Crippen molar-refractivity contribution in [3.05, 3.63) is 23.8 Å². The van der Waals surface area contributed by atoms with Crippen LogP contribution in [0.5, 0.6) is 11.5 Å². The Balaban J connectivity index is 2.18. The van der Waals surface area contributed by atoms with Gasteiger partial charge in [0, 0.05) is 13.0 Å².